The summed E-state index contributed by atoms with van der Waals surface area (Å²) in [6.45, 7) is -0.0644. The minimum absolute atomic E-state index is 0.135. The van der Waals surface area contributed by atoms with Crippen LogP contribution in [0.5, 0.6) is 0 Å². The van der Waals surface area contributed by atoms with Crippen LogP contribution in [0.15, 0.2) is 60.7 Å². The maximum atomic E-state index is 12.9. The van der Waals surface area contributed by atoms with Crippen LogP contribution in [0, 0.1) is 0 Å². The zero-order valence-electron chi connectivity index (χ0n) is 18.0. The molecule has 3 aromatic carbocycles. The third-order valence-electron chi connectivity index (χ3n) is 4.98. The fourth-order valence-corrected chi connectivity index (χ4v) is 3.71. The van der Waals surface area contributed by atoms with E-state index in [4.69, 9.17) is 28.4 Å². The van der Waals surface area contributed by atoms with Gasteiger partial charge in [-0.25, -0.2) is 5.48 Å². The molecule has 0 heterocycles. The Hall–Kier alpha value is -3.43. The van der Waals surface area contributed by atoms with E-state index in [2.05, 4.69) is 5.32 Å². The van der Waals surface area contributed by atoms with Crippen molar-refractivity contribution in [2.24, 2.45) is 0 Å². The highest BCUT2D eigenvalue weighted by atomic mass is 35.5. The lowest BCUT2D eigenvalue weighted by Gasteiger charge is -2.18. The van der Waals surface area contributed by atoms with Gasteiger partial charge in [-0.15, -0.1) is 0 Å². The molecular formula is C24H21Cl2N3O5. The maximum Gasteiger partial charge on any atom is 0.274 e. The fourth-order valence-electron chi connectivity index (χ4n) is 3.21. The Labute approximate surface area is 205 Å². The fraction of sp³-hybridized carbons (Fsp3) is 0.125. The minimum Gasteiger partial charge on any atom is -0.395 e. The topological polar surface area (TPSA) is 119 Å². The maximum absolute atomic E-state index is 12.9. The molecule has 3 amide bonds. The number of anilines is 1. The van der Waals surface area contributed by atoms with Crippen LogP contribution < -0.4 is 10.8 Å². The van der Waals surface area contributed by atoms with Gasteiger partial charge in [-0.1, -0.05) is 35.3 Å². The van der Waals surface area contributed by atoms with Crippen LogP contribution >= 0.6 is 23.2 Å². The summed E-state index contributed by atoms with van der Waals surface area (Å²) in [4.78, 5) is 38.7. The number of halogens is 2. The first kappa shape index (κ1) is 25.2. The standard InChI is InChI=1S/C24H21Cl2N3O5/c1-29(8-9-30)24(33)17-10-16(14-2-4-15(5-3-14)22(31)28-34)11-19(12-17)27-23(32)20-7-6-18(25)13-21(20)26/h2-7,10-13,30,34H,8-9H2,1H3,(H,27,32)(H,28,31). The van der Waals surface area contributed by atoms with Gasteiger partial charge in [0.15, 0.2) is 0 Å². The second-order valence-electron chi connectivity index (χ2n) is 7.35. The van der Waals surface area contributed by atoms with E-state index in [0.717, 1.165) is 0 Å². The quantitative estimate of drug-likeness (QED) is 0.287. The molecule has 0 aromatic heterocycles. The Morgan fingerprint density at radius 1 is 0.882 bits per heavy atom. The van der Waals surface area contributed by atoms with Gasteiger partial charge in [-0.2, -0.15) is 0 Å². The first-order valence-corrected chi connectivity index (χ1v) is 10.8. The predicted octanol–water partition coefficient (Wildman–Crippen LogP) is 4.10. The van der Waals surface area contributed by atoms with Gasteiger partial charge in [0, 0.05) is 35.4 Å². The number of benzene rings is 3. The summed E-state index contributed by atoms with van der Waals surface area (Å²) < 4.78 is 0. The van der Waals surface area contributed by atoms with Crippen LogP contribution in [0.2, 0.25) is 10.0 Å². The normalized spacial score (nSPS) is 10.5. The number of carbonyl (C=O) groups excluding carboxylic acids is 3. The molecule has 0 spiro atoms. The molecule has 0 bridgehead atoms. The number of likely N-dealkylation sites (N-methyl/N-ethyl adjacent to an activating group) is 1. The number of carbonyl (C=O) groups is 3. The van der Waals surface area contributed by atoms with Gasteiger partial charge in [0.25, 0.3) is 17.7 Å². The molecule has 3 rings (SSSR count). The number of hydrogen-bond acceptors (Lipinski definition) is 5. The van der Waals surface area contributed by atoms with Crippen LogP contribution in [-0.4, -0.2) is 53.1 Å². The number of rotatable bonds is 7. The number of aliphatic hydroxyl groups excluding tert-OH is 1. The summed E-state index contributed by atoms with van der Waals surface area (Å²) in [5.74, 6) is -1.50. The second kappa shape index (κ2) is 11.1. The number of nitrogens with zero attached hydrogens (tertiary/aromatic N) is 1. The highest BCUT2D eigenvalue weighted by Crippen LogP contribution is 2.28. The van der Waals surface area contributed by atoms with E-state index in [1.807, 2.05) is 0 Å². The van der Waals surface area contributed by atoms with Gasteiger partial charge < -0.3 is 15.3 Å². The van der Waals surface area contributed by atoms with Crippen molar-refractivity contribution in [1.29, 1.82) is 0 Å². The number of hydroxylamine groups is 1. The summed E-state index contributed by atoms with van der Waals surface area (Å²) in [5.41, 5.74) is 3.89. The van der Waals surface area contributed by atoms with Gasteiger partial charge in [0.05, 0.1) is 17.2 Å². The van der Waals surface area contributed by atoms with Crippen molar-refractivity contribution in [3.05, 3.63) is 87.4 Å². The Morgan fingerprint density at radius 2 is 1.59 bits per heavy atom. The molecule has 0 unspecified atom stereocenters. The highest BCUT2D eigenvalue weighted by Gasteiger charge is 2.17. The zero-order valence-corrected chi connectivity index (χ0v) is 19.5. The van der Waals surface area contributed by atoms with E-state index in [1.54, 1.807) is 42.9 Å². The number of hydrogen-bond donors (Lipinski definition) is 4. The predicted molar refractivity (Wildman–Crippen MR) is 130 cm³/mol. The van der Waals surface area contributed by atoms with E-state index >= 15 is 0 Å². The first-order chi connectivity index (χ1) is 16.2. The molecule has 0 fully saturated rings. The van der Waals surface area contributed by atoms with Gasteiger partial charge >= 0.3 is 0 Å². The first-order valence-electron chi connectivity index (χ1n) is 10.1. The minimum atomic E-state index is -0.658. The van der Waals surface area contributed by atoms with Crippen molar-refractivity contribution >= 4 is 46.6 Å². The summed E-state index contributed by atoms with van der Waals surface area (Å²) in [7, 11) is 1.55. The molecule has 0 saturated carbocycles. The number of nitrogens with one attached hydrogen (secondary N) is 2. The van der Waals surface area contributed by atoms with Gasteiger partial charge in [-0.3, -0.25) is 19.6 Å². The van der Waals surface area contributed by atoms with Crippen LogP contribution in [0.3, 0.4) is 0 Å². The van der Waals surface area contributed by atoms with E-state index in [9.17, 15) is 19.5 Å². The highest BCUT2D eigenvalue weighted by molar-refractivity contribution is 6.37. The Morgan fingerprint density at radius 3 is 2.21 bits per heavy atom. The molecule has 10 heteroatoms. The summed E-state index contributed by atoms with van der Waals surface area (Å²) in [5, 5.41) is 21.3. The molecule has 4 N–H and O–H groups in total. The molecule has 34 heavy (non-hydrogen) atoms. The van der Waals surface area contributed by atoms with Crippen molar-refractivity contribution in [3.63, 3.8) is 0 Å². The lowest BCUT2D eigenvalue weighted by Crippen LogP contribution is -2.29. The summed E-state index contributed by atoms with van der Waals surface area (Å²) >= 11 is 12.1. The Balaban J connectivity index is 2.01. The molecule has 3 aromatic rings. The molecule has 0 aliphatic heterocycles. The number of amides is 3. The third-order valence-corrected chi connectivity index (χ3v) is 5.53. The SMILES string of the molecule is CN(CCO)C(=O)c1cc(NC(=O)c2ccc(Cl)cc2Cl)cc(-c2ccc(C(=O)NO)cc2)c1. The van der Waals surface area contributed by atoms with Crippen LogP contribution in [0.25, 0.3) is 11.1 Å². The average molecular weight is 502 g/mol. The largest absolute Gasteiger partial charge is 0.395 e. The van der Waals surface area contributed by atoms with Gasteiger partial charge in [-0.05, 0) is 59.7 Å². The Bertz CT molecular complexity index is 1230. The molecule has 0 radical (unpaired) electrons. The van der Waals surface area contributed by atoms with Gasteiger partial charge in [0.2, 0.25) is 0 Å². The van der Waals surface area contributed by atoms with E-state index < -0.39 is 11.8 Å². The molecule has 0 saturated heterocycles. The average Bonchev–Trinajstić information content (AvgIpc) is 2.83. The van der Waals surface area contributed by atoms with E-state index in [-0.39, 0.29) is 40.8 Å². The second-order valence-corrected chi connectivity index (χ2v) is 8.19. The van der Waals surface area contributed by atoms with Crippen molar-refractivity contribution < 1.29 is 24.7 Å². The lowest BCUT2D eigenvalue weighted by molar-refractivity contribution is 0.0706. The van der Waals surface area contributed by atoms with Crippen molar-refractivity contribution in [2.45, 2.75) is 0 Å². The zero-order chi connectivity index (χ0) is 24.8. The molecule has 0 aliphatic carbocycles. The van der Waals surface area contributed by atoms with Crippen molar-refractivity contribution in [1.82, 2.24) is 10.4 Å². The molecule has 8 nitrogen and oxygen atoms in total. The summed E-state index contributed by atoms with van der Waals surface area (Å²) in [6.07, 6.45) is 0. The van der Waals surface area contributed by atoms with Crippen molar-refractivity contribution in [3.8, 4) is 11.1 Å². The van der Waals surface area contributed by atoms with E-state index in [1.165, 1.54) is 35.2 Å². The molecular weight excluding hydrogens is 481 g/mol. The third kappa shape index (κ3) is 5.92. The smallest absolute Gasteiger partial charge is 0.274 e. The van der Waals surface area contributed by atoms with Crippen LogP contribution in [-0.2, 0) is 0 Å². The molecule has 0 atom stereocenters. The van der Waals surface area contributed by atoms with Crippen molar-refractivity contribution in [2.75, 3.05) is 25.5 Å². The van der Waals surface area contributed by atoms with E-state index in [0.29, 0.717) is 21.8 Å². The van der Waals surface area contributed by atoms with Crippen LogP contribution in [0.1, 0.15) is 31.1 Å². The lowest BCUT2D eigenvalue weighted by atomic mass is 10.00. The molecule has 176 valence electrons. The monoisotopic (exact) mass is 501 g/mol. The molecule has 0 aliphatic rings. The number of aliphatic hydroxyl groups is 1. The van der Waals surface area contributed by atoms with Gasteiger partial charge in [0.1, 0.15) is 0 Å². The Kier molecular flexibility index (Phi) is 8.25. The van der Waals surface area contributed by atoms with Crippen LogP contribution in [0.4, 0.5) is 5.69 Å². The summed E-state index contributed by atoms with van der Waals surface area (Å²) in [6, 6.07) is 15.6.